The number of benzene rings is 2. The fourth-order valence-electron chi connectivity index (χ4n) is 2.43. The number of halogens is 1. The Labute approximate surface area is 175 Å². The van der Waals surface area contributed by atoms with Crippen molar-refractivity contribution in [3.63, 3.8) is 0 Å². The minimum Gasteiger partial charge on any atom is -0.302 e. The van der Waals surface area contributed by atoms with E-state index in [1.54, 1.807) is 30.3 Å². The van der Waals surface area contributed by atoms with E-state index in [1.807, 2.05) is 29.6 Å². The van der Waals surface area contributed by atoms with Crippen molar-refractivity contribution in [3.8, 4) is 11.3 Å². The van der Waals surface area contributed by atoms with Gasteiger partial charge in [-0.25, -0.2) is 13.4 Å². The number of sulfone groups is 1. The molecule has 0 saturated heterocycles. The standard InChI is InChI=1S/C19H17IN2O3S2/c20-15-10-8-14(9-11-15)17-13-26-19(21-17)22-18(23)7-4-12-27(24,25)16-5-2-1-3-6-16/h1-3,5-6,8-11,13H,4,7,12H2,(H,21,22,23). The highest BCUT2D eigenvalue weighted by atomic mass is 127. The van der Waals surface area contributed by atoms with Crippen LogP contribution in [-0.2, 0) is 14.6 Å². The Bertz CT molecular complexity index is 1020. The van der Waals surface area contributed by atoms with Gasteiger partial charge in [-0.3, -0.25) is 4.79 Å². The largest absolute Gasteiger partial charge is 0.302 e. The molecule has 1 amide bonds. The van der Waals surface area contributed by atoms with Crippen molar-refractivity contribution in [2.45, 2.75) is 17.7 Å². The molecule has 3 rings (SSSR count). The van der Waals surface area contributed by atoms with Gasteiger partial charge < -0.3 is 5.32 Å². The Balaban J connectivity index is 1.52. The molecule has 0 atom stereocenters. The molecular weight excluding hydrogens is 495 g/mol. The molecule has 0 radical (unpaired) electrons. The third-order valence-corrected chi connectivity index (χ3v) is 7.10. The predicted octanol–water partition coefficient (Wildman–Crippen LogP) is 4.61. The fraction of sp³-hybridized carbons (Fsp3) is 0.158. The molecule has 140 valence electrons. The summed E-state index contributed by atoms with van der Waals surface area (Å²) in [6.07, 6.45) is 0.392. The SMILES string of the molecule is O=C(CCCS(=O)(=O)c1ccccc1)Nc1nc(-c2ccc(I)cc2)cs1. The number of aromatic nitrogens is 1. The number of hydrogen-bond acceptors (Lipinski definition) is 5. The molecule has 2 aromatic carbocycles. The molecule has 5 nitrogen and oxygen atoms in total. The minimum absolute atomic E-state index is 0.0593. The van der Waals surface area contributed by atoms with Crippen molar-refractivity contribution in [1.29, 1.82) is 0 Å². The summed E-state index contributed by atoms with van der Waals surface area (Å²) in [5.74, 6) is -0.294. The average molecular weight is 512 g/mol. The number of hydrogen-bond donors (Lipinski definition) is 1. The van der Waals surface area contributed by atoms with Gasteiger partial charge in [-0.2, -0.15) is 0 Å². The average Bonchev–Trinajstić information content (AvgIpc) is 3.11. The van der Waals surface area contributed by atoms with Crippen molar-refractivity contribution in [2.75, 3.05) is 11.1 Å². The van der Waals surface area contributed by atoms with Gasteiger partial charge in [0.05, 0.1) is 16.3 Å². The molecule has 0 saturated carbocycles. The maximum atomic E-state index is 12.2. The van der Waals surface area contributed by atoms with Crippen LogP contribution in [-0.4, -0.2) is 25.1 Å². The van der Waals surface area contributed by atoms with Crippen molar-refractivity contribution in [3.05, 3.63) is 63.5 Å². The summed E-state index contributed by atoms with van der Waals surface area (Å²) in [6.45, 7) is 0. The van der Waals surface area contributed by atoms with Crippen LogP contribution >= 0.6 is 33.9 Å². The van der Waals surface area contributed by atoms with Crippen LogP contribution in [0.15, 0.2) is 64.9 Å². The van der Waals surface area contributed by atoms with E-state index in [0.29, 0.717) is 5.13 Å². The first kappa shape index (κ1) is 20.0. The van der Waals surface area contributed by atoms with Crippen LogP contribution < -0.4 is 5.32 Å². The first-order chi connectivity index (χ1) is 12.9. The highest BCUT2D eigenvalue weighted by Gasteiger charge is 2.15. The van der Waals surface area contributed by atoms with Gasteiger partial charge in [-0.1, -0.05) is 30.3 Å². The zero-order valence-electron chi connectivity index (χ0n) is 14.3. The van der Waals surface area contributed by atoms with E-state index in [9.17, 15) is 13.2 Å². The Morgan fingerprint density at radius 3 is 2.48 bits per heavy atom. The normalized spacial score (nSPS) is 11.3. The molecule has 1 aromatic heterocycles. The summed E-state index contributed by atoms with van der Waals surface area (Å²) in [4.78, 5) is 16.8. The topological polar surface area (TPSA) is 76.1 Å². The lowest BCUT2D eigenvalue weighted by atomic mass is 10.2. The highest BCUT2D eigenvalue weighted by molar-refractivity contribution is 14.1. The van der Waals surface area contributed by atoms with Crippen LogP contribution in [0.2, 0.25) is 0 Å². The molecule has 3 aromatic rings. The summed E-state index contributed by atoms with van der Waals surface area (Å²) in [5, 5.41) is 5.14. The van der Waals surface area contributed by atoms with Crippen LogP contribution in [0.4, 0.5) is 5.13 Å². The molecule has 1 N–H and O–H groups in total. The second kappa shape index (κ2) is 8.94. The van der Waals surface area contributed by atoms with Gasteiger partial charge in [0.1, 0.15) is 0 Å². The number of anilines is 1. The van der Waals surface area contributed by atoms with Gasteiger partial charge in [0.25, 0.3) is 0 Å². The number of amides is 1. The molecule has 0 unspecified atom stereocenters. The van der Waals surface area contributed by atoms with Gasteiger partial charge in [0, 0.05) is 20.9 Å². The van der Waals surface area contributed by atoms with Crippen LogP contribution in [0.3, 0.4) is 0 Å². The number of carbonyl (C=O) groups excluding carboxylic acids is 1. The molecule has 0 aliphatic heterocycles. The minimum atomic E-state index is -3.36. The Morgan fingerprint density at radius 2 is 1.78 bits per heavy atom. The second-order valence-electron chi connectivity index (χ2n) is 5.83. The number of carbonyl (C=O) groups is 1. The summed E-state index contributed by atoms with van der Waals surface area (Å²) < 4.78 is 25.6. The lowest BCUT2D eigenvalue weighted by Gasteiger charge is -2.04. The molecular formula is C19H17IN2O3S2. The smallest absolute Gasteiger partial charge is 0.226 e. The zero-order valence-corrected chi connectivity index (χ0v) is 18.1. The van der Waals surface area contributed by atoms with Crippen molar-refractivity contribution in [1.82, 2.24) is 4.98 Å². The lowest BCUT2D eigenvalue weighted by Crippen LogP contribution is -2.14. The molecule has 0 fully saturated rings. The molecule has 0 aliphatic rings. The predicted molar refractivity (Wildman–Crippen MR) is 117 cm³/mol. The quantitative estimate of drug-likeness (QED) is 0.470. The Kier molecular flexibility index (Phi) is 6.61. The first-order valence-electron chi connectivity index (χ1n) is 8.23. The molecule has 8 heteroatoms. The van der Waals surface area contributed by atoms with Gasteiger partial charge in [0.15, 0.2) is 15.0 Å². The summed E-state index contributed by atoms with van der Waals surface area (Å²) in [5.41, 5.74) is 1.79. The Morgan fingerprint density at radius 1 is 1.07 bits per heavy atom. The van der Waals surface area contributed by atoms with Crippen LogP contribution in [0.5, 0.6) is 0 Å². The molecule has 0 aliphatic carbocycles. The summed E-state index contributed by atoms with van der Waals surface area (Å²) >= 11 is 3.59. The van der Waals surface area contributed by atoms with E-state index in [-0.39, 0.29) is 29.4 Å². The number of nitrogens with zero attached hydrogens (tertiary/aromatic N) is 1. The molecule has 27 heavy (non-hydrogen) atoms. The van der Waals surface area contributed by atoms with Gasteiger partial charge in [0.2, 0.25) is 5.91 Å². The first-order valence-corrected chi connectivity index (χ1v) is 11.8. The highest BCUT2D eigenvalue weighted by Crippen LogP contribution is 2.25. The second-order valence-corrected chi connectivity index (χ2v) is 10.0. The van der Waals surface area contributed by atoms with E-state index in [1.165, 1.54) is 11.3 Å². The monoisotopic (exact) mass is 512 g/mol. The van der Waals surface area contributed by atoms with E-state index in [4.69, 9.17) is 0 Å². The van der Waals surface area contributed by atoms with Gasteiger partial charge in [-0.05, 0) is 53.3 Å². The van der Waals surface area contributed by atoms with E-state index >= 15 is 0 Å². The molecule has 0 spiro atoms. The number of nitrogens with one attached hydrogen (secondary N) is 1. The summed E-state index contributed by atoms with van der Waals surface area (Å²) in [7, 11) is -3.36. The maximum Gasteiger partial charge on any atom is 0.226 e. The van der Waals surface area contributed by atoms with Crippen LogP contribution in [0, 0.1) is 3.57 Å². The third kappa shape index (κ3) is 5.60. The Hall–Kier alpha value is -1.78. The van der Waals surface area contributed by atoms with Crippen molar-refractivity contribution >= 4 is 54.8 Å². The van der Waals surface area contributed by atoms with Crippen LogP contribution in [0.25, 0.3) is 11.3 Å². The van der Waals surface area contributed by atoms with E-state index < -0.39 is 9.84 Å². The zero-order chi connectivity index (χ0) is 19.3. The fourth-order valence-corrected chi connectivity index (χ4v) is 4.86. The van der Waals surface area contributed by atoms with Crippen molar-refractivity contribution in [2.24, 2.45) is 0 Å². The van der Waals surface area contributed by atoms with Gasteiger partial charge >= 0.3 is 0 Å². The van der Waals surface area contributed by atoms with E-state index in [0.717, 1.165) is 14.8 Å². The summed E-state index contributed by atoms with van der Waals surface area (Å²) in [6, 6.07) is 16.2. The number of thiazole rings is 1. The van der Waals surface area contributed by atoms with Crippen molar-refractivity contribution < 1.29 is 13.2 Å². The third-order valence-electron chi connectivity index (χ3n) is 3.81. The number of rotatable bonds is 7. The molecule has 0 bridgehead atoms. The van der Waals surface area contributed by atoms with E-state index in [2.05, 4.69) is 32.9 Å². The maximum absolute atomic E-state index is 12.2. The lowest BCUT2D eigenvalue weighted by molar-refractivity contribution is -0.116. The molecule has 1 heterocycles. The van der Waals surface area contributed by atoms with Crippen LogP contribution in [0.1, 0.15) is 12.8 Å². The van der Waals surface area contributed by atoms with Gasteiger partial charge in [-0.15, -0.1) is 11.3 Å².